The maximum atomic E-state index is 11.3. The van der Waals surface area contributed by atoms with Crippen LogP contribution in [0.15, 0.2) is 24.3 Å². The molecule has 0 saturated carbocycles. The first kappa shape index (κ1) is 11.9. The van der Waals surface area contributed by atoms with Gasteiger partial charge in [-0.15, -0.1) is 11.3 Å². The predicted molar refractivity (Wildman–Crippen MR) is 65.6 cm³/mol. The second-order valence-corrected chi connectivity index (χ2v) is 3.79. The Balaban J connectivity index is 0.000000531. The van der Waals surface area contributed by atoms with Gasteiger partial charge in [-0.1, -0.05) is 32.9 Å². The smallest absolute Gasteiger partial charge is 0.191 e. The number of para-hydroxylation sites is 1. The lowest BCUT2D eigenvalue weighted by Gasteiger charge is -1.85. The van der Waals surface area contributed by atoms with Crippen LogP contribution in [0.4, 0.5) is 0 Å². The van der Waals surface area contributed by atoms with E-state index in [9.17, 15) is 4.79 Å². The molecule has 0 aliphatic heterocycles. The molecule has 0 atom stereocenters. The number of carbonyl (C=O) groups excluding carboxylic acids is 1. The van der Waals surface area contributed by atoms with Crippen molar-refractivity contribution in [2.45, 2.75) is 27.2 Å². The molecule has 0 aliphatic rings. The molecular weight excluding hydrogens is 206 g/mol. The van der Waals surface area contributed by atoms with Crippen LogP contribution >= 0.6 is 11.3 Å². The number of ketones is 1. The van der Waals surface area contributed by atoms with Crippen molar-refractivity contribution in [2.24, 2.45) is 0 Å². The lowest BCUT2D eigenvalue weighted by atomic mass is 10.3. The number of nitrogens with zero attached hydrogens (tertiary/aromatic N) is 1. The molecule has 15 heavy (non-hydrogen) atoms. The summed E-state index contributed by atoms with van der Waals surface area (Å²) in [5, 5.41) is 0.628. The van der Waals surface area contributed by atoms with Crippen molar-refractivity contribution >= 4 is 27.3 Å². The number of hydrogen-bond acceptors (Lipinski definition) is 3. The van der Waals surface area contributed by atoms with Crippen molar-refractivity contribution < 1.29 is 4.79 Å². The maximum absolute atomic E-state index is 11.3. The molecule has 2 rings (SSSR count). The van der Waals surface area contributed by atoms with Crippen LogP contribution in [0.25, 0.3) is 10.2 Å². The molecule has 2 nitrogen and oxygen atoms in total. The second kappa shape index (κ2) is 5.61. The highest BCUT2D eigenvalue weighted by molar-refractivity contribution is 7.20. The molecular formula is C12H15NOS. The van der Waals surface area contributed by atoms with Gasteiger partial charge in [0.05, 0.1) is 10.2 Å². The highest BCUT2D eigenvalue weighted by Gasteiger charge is 2.08. The largest absolute Gasteiger partial charge is 0.292 e. The summed E-state index contributed by atoms with van der Waals surface area (Å²) < 4.78 is 1.08. The molecule has 0 unspecified atom stereocenters. The van der Waals surface area contributed by atoms with Crippen molar-refractivity contribution in [1.82, 2.24) is 4.98 Å². The molecule has 1 heterocycles. The van der Waals surface area contributed by atoms with Crippen molar-refractivity contribution in [3.63, 3.8) is 0 Å². The van der Waals surface area contributed by atoms with Crippen molar-refractivity contribution in [3.05, 3.63) is 29.3 Å². The van der Waals surface area contributed by atoms with Gasteiger partial charge < -0.3 is 0 Å². The number of benzene rings is 1. The van der Waals surface area contributed by atoms with E-state index in [-0.39, 0.29) is 5.78 Å². The Morgan fingerprint density at radius 1 is 1.33 bits per heavy atom. The third-order valence-corrected chi connectivity index (χ3v) is 2.93. The Labute approximate surface area is 94.0 Å². The summed E-state index contributed by atoms with van der Waals surface area (Å²) in [6.07, 6.45) is 0.528. The Morgan fingerprint density at radius 2 is 2.00 bits per heavy atom. The van der Waals surface area contributed by atoms with Crippen molar-refractivity contribution in [3.8, 4) is 0 Å². The zero-order valence-electron chi connectivity index (χ0n) is 9.28. The first-order chi connectivity index (χ1) is 7.31. The molecule has 0 spiro atoms. The average molecular weight is 221 g/mol. The van der Waals surface area contributed by atoms with Crippen LogP contribution < -0.4 is 0 Å². The van der Waals surface area contributed by atoms with Crippen LogP contribution in [0.2, 0.25) is 0 Å². The monoisotopic (exact) mass is 221 g/mol. The van der Waals surface area contributed by atoms with Crippen LogP contribution in [-0.4, -0.2) is 10.8 Å². The molecule has 0 radical (unpaired) electrons. The van der Waals surface area contributed by atoms with Crippen LogP contribution in [0.1, 0.15) is 37.0 Å². The van der Waals surface area contributed by atoms with E-state index in [4.69, 9.17) is 0 Å². The minimum Gasteiger partial charge on any atom is -0.292 e. The highest BCUT2D eigenvalue weighted by Crippen LogP contribution is 2.22. The zero-order chi connectivity index (χ0) is 11.3. The van der Waals surface area contributed by atoms with Gasteiger partial charge in [-0.25, -0.2) is 4.98 Å². The SMILES string of the molecule is CC.CCC(=O)c1nc2ccccc2s1. The number of carbonyl (C=O) groups is 1. The molecule has 0 amide bonds. The van der Waals surface area contributed by atoms with E-state index in [2.05, 4.69) is 4.98 Å². The lowest BCUT2D eigenvalue weighted by Crippen LogP contribution is -1.93. The van der Waals surface area contributed by atoms with E-state index >= 15 is 0 Å². The lowest BCUT2D eigenvalue weighted by molar-refractivity contribution is 0.0988. The summed E-state index contributed by atoms with van der Waals surface area (Å²) in [6, 6.07) is 7.81. The minimum atomic E-state index is 0.126. The van der Waals surface area contributed by atoms with Gasteiger partial charge in [-0.05, 0) is 12.1 Å². The molecule has 2 aromatic rings. The van der Waals surface area contributed by atoms with Gasteiger partial charge in [-0.3, -0.25) is 4.79 Å². The number of hydrogen-bond donors (Lipinski definition) is 0. The fourth-order valence-corrected chi connectivity index (χ4v) is 2.12. The molecule has 1 aromatic heterocycles. The van der Waals surface area contributed by atoms with Gasteiger partial charge in [0, 0.05) is 6.42 Å². The molecule has 1 aromatic carbocycles. The molecule has 0 aliphatic carbocycles. The standard InChI is InChI=1S/C10H9NOS.C2H6/c1-2-8(12)10-11-7-5-3-4-6-9(7)13-10;1-2/h3-6H,2H2,1H3;1-2H3. The first-order valence-corrected chi connectivity index (χ1v) is 6.01. The van der Waals surface area contributed by atoms with Crippen LogP contribution in [0.5, 0.6) is 0 Å². The molecule has 0 N–H and O–H groups in total. The normalized spacial score (nSPS) is 9.53. The summed E-state index contributed by atoms with van der Waals surface area (Å²) in [4.78, 5) is 15.6. The van der Waals surface area contributed by atoms with Gasteiger partial charge in [-0.2, -0.15) is 0 Å². The van der Waals surface area contributed by atoms with E-state index < -0.39 is 0 Å². The number of thiazole rings is 1. The van der Waals surface area contributed by atoms with Gasteiger partial charge in [0.15, 0.2) is 10.8 Å². The highest BCUT2D eigenvalue weighted by atomic mass is 32.1. The fraction of sp³-hybridized carbons (Fsp3) is 0.333. The van der Waals surface area contributed by atoms with E-state index in [0.29, 0.717) is 11.4 Å². The Morgan fingerprint density at radius 3 is 2.60 bits per heavy atom. The second-order valence-electron chi connectivity index (χ2n) is 2.76. The maximum Gasteiger partial charge on any atom is 0.191 e. The predicted octanol–water partition coefficient (Wildman–Crippen LogP) is 3.92. The number of fused-ring (bicyclic) bond motifs is 1. The van der Waals surface area contributed by atoms with Crippen molar-refractivity contribution in [2.75, 3.05) is 0 Å². The molecule has 80 valence electrons. The number of rotatable bonds is 2. The quantitative estimate of drug-likeness (QED) is 0.719. The van der Waals surface area contributed by atoms with Crippen LogP contribution in [-0.2, 0) is 0 Å². The van der Waals surface area contributed by atoms with E-state index in [1.807, 2.05) is 45.0 Å². The molecule has 0 fully saturated rings. The van der Waals surface area contributed by atoms with Gasteiger partial charge in [0.25, 0.3) is 0 Å². The van der Waals surface area contributed by atoms with Crippen LogP contribution in [0, 0.1) is 0 Å². The summed E-state index contributed by atoms with van der Waals surface area (Å²) >= 11 is 1.47. The van der Waals surface area contributed by atoms with Gasteiger partial charge in [0.1, 0.15) is 0 Å². The van der Waals surface area contributed by atoms with E-state index in [1.165, 1.54) is 11.3 Å². The topological polar surface area (TPSA) is 30.0 Å². The summed E-state index contributed by atoms with van der Waals surface area (Å²) in [7, 11) is 0. The zero-order valence-corrected chi connectivity index (χ0v) is 10.1. The Bertz CT molecular complexity index is 415. The minimum absolute atomic E-state index is 0.126. The van der Waals surface area contributed by atoms with Gasteiger partial charge >= 0.3 is 0 Å². The summed E-state index contributed by atoms with van der Waals surface area (Å²) in [5.74, 6) is 0.126. The average Bonchev–Trinajstić information content (AvgIpc) is 2.74. The van der Waals surface area contributed by atoms with E-state index in [0.717, 1.165) is 10.2 Å². The fourth-order valence-electron chi connectivity index (χ4n) is 1.14. The Kier molecular flexibility index (Phi) is 4.43. The molecule has 0 saturated heterocycles. The number of aromatic nitrogens is 1. The third-order valence-electron chi connectivity index (χ3n) is 1.85. The first-order valence-electron chi connectivity index (χ1n) is 5.20. The molecule has 0 bridgehead atoms. The third kappa shape index (κ3) is 2.63. The van der Waals surface area contributed by atoms with Gasteiger partial charge in [0.2, 0.25) is 0 Å². The Hall–Kier alpha value is -1.22. The van der Waals surface area contributed by atoms with Crippen LogP contribution in [0.3, 0.4) is 0 Å². The summed E-state index contributed by atoms with van der Waals surface area (Å²) in [6.45, 7) is 5.86. The molecule has 3 heteroatoms. The summed E-state index contributed by atoms with van der Waals surface area (Å²) in [5.41, 5.74) is 0.921. The van der Waals surface area contributed by atoms with E-state index in [1.54, 1.807) is 0 Å². The van der Waals surface area contributed by atoms with Crippen molar-refractivity contribution in [1.29, 1.82) is 0 Å². The number of Topliss-reactive ketones (excluding diaryl/α,β-unsaturated/α-hetero) is 1.